The summed E-state index contributed by atoms with van der Waals surface area (Å²) in [5, 5.41) is 8.69. The summed E-state index contributed by atoms with van der Waals surface area (Å²) in [6.45, 7) is 0.885. The highest BCUT2D eigenvalue weighted by molar-refractivity contribution is 5.94. The topological polar surface area (TPSA) is 82.7 Å². The zero-order valence-corrected chi connectivity index (χ0v) is 16.2. The number of urea groups is 1. The van der Waals surface area contributed by atoms with Gasteiger partial charge in [-0.1, -0.05) is 25.3 Å². The average Bonchev–Trinajstić information content (AvgIpc) is 2.96. The van der Waals surface area contributed by atoms with Crippen LogP contribution in [0.15, 0.2) is 24.3 Å². The quantitative estimate of drug-likeness (QED) is 0.740. The molecule has 0 aromatic heterocycles. The number of ether oxygens (including phenoxy) is 1. The Hall–Kier alpha value is -2.12. The number of nitrogens with zero attached hydrogens (tertiary/aromatic N) is 1. The lowest BCUT2D eigenvalue weighted by molar-refractivity contribution is -0.116. The molecule has 1 heterocycles. The first kappa shape index (κ1) is 19.6. The lowest BCUT2D eigenvalue weighted by Crippen LogP contribution is -2.39. The highest BCUT2D eigenvalue weighted by Gasteiger charge is 2.41. The third kappa shape index (κ3) is 5.68. The molecule has 148 valence electrons. The Balaban J connectivity index is 1.49. The van der Waals surface area contributed by atoms with Crippen molar-refractivity contribution in [2.75, 3.05) is 37.9 Å². The molecule has 1 saturated heterocycles. The van der Waals surface area contributed by atoms with Crippen molar-refractivity contribution in [2.45, 2.75) is 50.2 Å². The Kier molecular flexibility index (Phi) is 6.34. The third-order valence-corrected chi connectivity index (χ3v) is 5.17. The van der Waals surface area contributed by atoms with Crippen LogP contribution in [0.1, 0.15) is 38.5 Å². The van der Waals surface area contributed by atoms with Crippen LogP contribution in [0.4, 0.5) is 16.2 Å². The van der Waals surface area contributed by atoms with Crippen LogP contribution in [0.5, 0.6) is 0 Å². The molecule has 7 heteroatoms. The van der Waals surface area contributed by atoms with Crippen LogP contribution in [-0.4, -0.2) is 55.7 Å². The van der Waals surface area contributed by atoms with Gasteiger partial charge in [-0.25, -0.2) is 4.79 Å². The summed E-state index contributed by atoms with van der Waals surface area (Å²) in [6, 6.07) is 6.96. The fourth-order valence-corrected chi connectivity index (χ4v) is 4.00. The molecule has 3 N–H and O–H groups in total. The molecule has 3 rings (SSSR count). The second kappa shape index (κ2) is 8.71. The van der Waals surface area contributed by atoms with Crippen molar-refractivity contribution in [3.8, 4) is 0 Å². The molecular formula is C20H30N4O3. The van der Waals surface area contributed by atoms with Crippen LogP contribution in [0.3, 0.4) is 0 Å². The molecule has 2 fully saturated rings. The molecule has 0 radical (unpaired) electrons. The van der Waals surface area contributed by atoms with Crippen molar-refractivity contribution in [3.63, 3.8) is 0 Å². The van der Waals surface area contributed by atoms with E-state index in [1.165, 1.54) is 19.3 Å². The Morgan fingerprint density at radius 3 is 2.56 bits per heavy atom. The second-order valence-corrected chi connectivity index (χ2v) is 7.92. The number of likely N-dealkylation sites (N-methyl/N-ethyl adjacent to an activating group) is 1. The number of carbonyl (C=O) groups is 2. The molecule has 0 bridgehead atoms. The zero-order valence-electron chi connectivity index (χ0n) is 16.2. The summed E-state index contributed by atoms with van der Waals surface area (Å²) in [4.78, 5) is 26.0. The molecule has 1 aliphatic heterocycles. The summed E-state index contributed by atoms with van der Waals surface area (Å²) < 4.78 is 6.05. The van der Waals surface area contributed by atoms with E-state index in [4.69, 9.17) is 4.74 Å². The SMILES string of the molecule is CN(C)CC(=O)Nc1cccc(NC(=O)N[C@@H]2COC3(CCCCC3)C2)c1. The van der Waals surface area contributed by atoms with Crippen LogP contribution in [0.25, 0.3) is 0 Å². The molecule has 3 amide bonds. The van der Waals surface area contributed by atoms with E-state index < -0.39 is 0 Å². The lowest BCUT2D eigenvalue weighted by atomic mass is 9.82. The number of anilines is 2. The van der Waals surface area contributed by atoms with Crippen LogP contribution in [0.2, 0.25) is 0 Å². The highest BCUT2D eigenvalue weighted by atomic mass is 16.5. The maximum atomic E-state index is 12.3. The van der Waals surface area contributed by atoms with Gasteiger partial charge >= 0.3 is 6.03 Å². The number of hydrogen-bond donors (Lipinski definition) is 3. The maximum absolute atomic E-state index is 12.3. The molecule has 1 aromatic carbocycles. The maximum Gasteiger partial charge on any atom is 0.319 e. The fourth-order valence-electron chi connectivity index (χ4n) is 4.00. The predicted octanol–water partition coefficient (Wildman–Crippen LogP) is 2.80. The second-order valence-electron chi connectivity index (χ2n) is 7.92. The van der Waals surface area contributed by atoms with Gasteiger partial charge in [0.1, 0.15) is 0 Å². The minimum absolute atomic E-state index is 0.0210. The Bertz CT molecular complexity index is 671. The number of nitrogens with one attached hydrogen (secondary N) is 3. The third-order valence-electron chi connectivity index (χ3n) is 5.17. The summed E-state index contributed by atoms with van der Waals surface area (Å²) in [7, 11) is 3.68. The summed E-state index contributed by atoms with van der Waals surface area (Å²) in [6.07, 6.45) is 6.80. The molecule has 1 saturated carbocycles. The van der Waals surface area contributed by atoms with E-state index in [1.54, 1.807) is 29.2 Å². The minimum atomic E-state index is -0.242. The van der Waals surface area contributed by atoms with Crippen LogP contribution < -0.4 is 16.0 Å². The monoisotopic (exact) mass is 374 g/mol. The summed E-state index contributed by atoms with van der Waals surface area (Å²) in [5.41, 5.74) is 1.28. The first-order chi connectivity index (χ1) is 12.9. The van der Waals surface area contributed by atoms with E-state index in [0.717, 1.165) is 19.3 Å². The minimum Gasteiger partial charge on any atom is -0.373 e. The van der Waals surface area contributed by atoms with Gasteiger partial charge in [0.25, 0.3) is 0 Å². The average molecular weight is 374 g/mol. The van der Waals surface area contributed by atoms with E-state index in [-0.39, 0.29) is 23.6 Å². The van der Waals surface area contributed by atoms with Crippen molar-refractivity contribution >= 4 is 23.3 Å². The van der Waals surface area contributed by atoms with E-state index in [9.17, 15) is 9.59 Å². The Morgan fingerprint density at radius 2 is 1.85 bits per heavy atom. The van der Waals surface area contributed by atoms with Crippen LogP contribution >= 0.6 is 0 Å². The Labute approximate surface area is 160 Å². The number of benzene rings is 1. The lowest BCUT2D eigenvalue weighted by Gasteiger charge is -2.32. The van der Waals surface area contributed by atoms with E-state index in [2.05, 4.69) is 16.0 Å². The van der Waals surface area contributed by atoms with Gasteiger partial charge in [-0.2, -0.15) is 0 Å². The first-order valence-corrected chi connectivity index (χ1v) is 9.70. The van der Waals surface area contributed by atoms with Gasteiger partial charge in [0, 0.05) is 11.4 Å². The Morgan fingerprint density at radius 1 is 1.15 bits per heavy atom. The molecule has 1 aromatic rings. The van der Waals surface area contributed by atoms with Gasteiger partial charge in [-0.15, -0.1) is 0 Å². The zero-order chi connectivity index (χ0) is 19.3. The van der Waals surface area contributed by atoms with E-state index in [0.29, 0.717) is 24.5 Å². The van der Waals surface area contributed by atoms with E-state index in [1.807, 2.05) is 14.1 Å². The van der Waals surface area contributed by atoms with Gasteiger partial charge in [-0.05, 0) is 51.6 Å². The largest absolute Gasteiger partial charge is 0.373 e. The standard InChI is InChI=1S/C20H30N4O3/c1-24(2)13-18(25)21-15-7-6-8-16(11-15)22-19(26)23-17-12-20(27-14-17)9-4-3-5-10-20/h6-8,11,17H,3-5,9-10,12-14H2,1-2H3,(H,21,25)(H2,22,23,26)/t17-/m0/s1. The van der Waals surface area contributed by atoms with Crippen LogP contribution in [0, 0.1) is 0 Å². The van der Waals surface area contributed by atoms with E-state index >= 15 is 0 Å². The van der Waals surface area contributed by atoms with Crippen LogP contribution in [-0.2, 0) is 9.53 Å². The van der Waals surface area contributed by atoms with Gasteiger partial charge in [0.05, 0.1) is 24.8 Å². The number of carbonyl (C=O) groups excluding carboxylic acids is 2. The van der Waals surface area contributed by atoms with Crippen molar-refractivity contribution < 1.29 is 14.3 Å². The molecule has 27 heavy (non-hydrogen) atoms. The molecule has 2 aliphatic rings. The van der Waals surface area contributed by atoms with Gasteiger partial charge in [0.15, 0.2) is 0 Å². The van der Waals surface area contributed by atoms with Gasteiger partial charge in [-0.3, -0.25) is 4.79 Å². The molecule has 1 spiro atoms. The summed E-state index contributed by atoms with van der Waals surface area (Å²) >= 11 is 0. The number of hydrogen-bond acceptors (Lipinski definition) is 4. The van der Waals surface area contributed by atoms with Crippen molar-refractivity contribution in [3.05, 3.63) is 24.3 Å². The smallest absolute Gasteiger partial charge is 0.319 e. The molecular weight excluding hydrogens is 344 g/mol. The molecule has 0 unspecified atom stereocenters. The van der Waals surface area contributed by atoms with Crippen molar-refractivity contribution in [1.82, 2.24) is 10.2 Å². The normalized spacial score (nSPS) is 21.2. The number of amides is 3. The molecule has 1 aliphatic carbocycles. The van der Waals surface area contributed by atoms with Gasteiger partial charge in [0.2, 0.25) is 5.91 Å². The predicted molar refractivity (Wildman–Crippen MR) is 106 cm³/mol. The number of rotatable bonds is 5. The van der Waals surface area contributed by atoms with Crippen molar-refractivity contribution in [1.29, 1.82) is 0 Å². The molecule has 7 nitrogen and oxygen atoms in total. The first-order valence-electron chi connectivity index (χ1n) is 9.70. The summed E-state index contributed by atoms with van der Waals surface area (Å²) in [5.74, 6) is -0.0949. The molecule has 1 atom stereocenters. The van der Waals surface area contributed by atoms with Crippen molar-refractivity contribution in [2.24, 2.45) is 0 Å². The highest BCUT2D eigenvalue weighted by Crippen LogP contribution is 2.39. The fraction of sp³-hybridized carbons (Fsp3) is 0.600. The van der Waals surface area contributed by atoms with Gasteiger partial charge < -0.3 is 25.6 Å².